The van der Waals surface area contributed by atoms with Gasteiger partial charge in [-0.05, 0) is 43.4 Å². The van der Waals surface area contributed by atoms with Gasteiger partial charge in [-0.3, -0.25) is 0 Å². The number of rotatable bonds is 3. The number of aliphatic hydroxyl groups is 1. The summed E-state index contributed by atoms with van der Waals surface area (Å²) in [6.45, 7) is 2.35. The van der Waals surface area contributed by atoms with Gasteiger partial charge in [-0.2, -0.15) is 0 Å². The van der Waals surface area contributed by atoms with Crippen LogP contribution in [0.4, 0.5) is 0 Å². The van der Waals surface area contributed by atoms with Gasteiger partial charge in [-0.1, -0.05) is 32.6 Å². The lowest BCUT2D eigenvalue weighted by Gasteiger charge is -2.42. The van der Waals surface area contributed by atoms with Crippen LogP contribution in [0.25, 0.3) is 0 Å². The van der Waals surface area contributed by atoms with Gasteiger partial charge in [-0.25, -0.2) is 0 Å². The van der Waals surface area contributed by atoms with Crippen molar-refractivity contribution in [3.05, 3.63) is 0 Å². The van der Waals surface area contributed by atoms with Crippen LogP contribution in [0, 0.1) is 11.3 Å². The van der Waals surface area contributed by atoms with E-state index in [2.05, 4.69) is 6.92 Å². The third-order valence-corrected chi connectivity index (χ3v) is 4.46. The Bertz CT molecular complexity index is 178. The third-order valence-electron chi connectivity index (χ3n) is 4.46. The van der Waals surface area contributed by atoms with Crippen LogP contribution >= 0.6 is 0 Å². The minimum atomic E-state index is 0.000556. The molecule has 0 aromatic rings. The van der Waals surface area contributed by atoms with Crippen molar-refractivity contribution < 1.29 is 5.11 Å². The van der Waals surface area contributed by atoms with E-state index >= 15 is 0 Å². The fourth-order valence-corrected chi connectivity index (χ4v) is 3.17. The van der Waals surface area contributed by atoms with Crippen LogP contribution in [0.3, 0.4) is 0 Å². The summed E-state index contributed by atoms with van der Waals surface area (Å²) in [7, 11) is 0. The molecule has 1 atom stereocenters. The van der Waals surface area contributed by atoms with Gasteiger partial charge in [0, 0.05) is 0 Å². The van der Waals surface area contributed by atoms with E-state index in [1.165, 1.54) is 51.4 Å². The molecule has 0 aliphatic heterocycles. The molecule has 0 saturated heterocycles. The van der Waals surface area contributed by atoms with E-state index in [4.69, 9.17) is 0 Å². The highest BCUT2D eigenvalue weighted by Crippen LogP contribution is 2.45. The fraction of sp³-hybridized carbons (Fsp3) is 1.00. The summed E-state index contributed by atoms with van der Waals surface area (Å²) in [6, 6.07) is 0. The van der Waals surface area contributed by atoms with Gasteiger partial charge in [0.05, 0.1) is 6.10 Å². The quantitative estimate of drug-likeness (QED) is 0.732. The highest BCUT2D eigenvalue weighted by Gasteiger charge is 2.36. The van der Waals surface area contributed by atoms with Crippen LogP contribution in [0.1, 0.15) is 64.7 Å². The highest BCUT2D eigenvalue weighted by atomic mass is 16.3. The Morgan fingerprint density at radius 2 is 1.79 bits per heavy atom. The molecule has 0 bridgehead atoms. The maximum atomic E-state index is 10.2. The van der Waals surface area contributed by atoms with Crippen LogP contribution in [-0.4, -0.2) is 11.2 Å². The Morgan fingerprint density at radius 3 is 2.29 bits per heavy atom. The van der Waals surface area contributed by atoms with Crippen LogP contribution in [0.5, 0.6) is 0 Å². The van der Waals surface area contributed by atoms with E-state index in [1.54, 1.807) is 0 Å². The zero-order valence-electron chi connectivity index (χ0n) is 9.47. The molecule has 2 fully saturated rings. The lowest BCUT2D eigenvalue weighted by Crippen LogP contribution is -2.34. The summed E-state index contributed by atoms with van der Waals surface area (Å²) in [5.41, 5.74) is 0.497. The average Bonchev–Trinajstić information content (AvgIpc) is 2.17. The van der Waals surface area contributed by atoms with Gasteiger partial charge in [0.1, 0.15) is 0 Å². The first-order valence-electron chi connectivity index (χ1n) is 6.38. The largest absolute Gasteiger partial charge is 0.393 e. The molecule has 2 aliphatic rings. The lowest BCUT2D eigenvalue weighted by atomic mass is 9.65. The molecule has 2 aliphatic carbocycles. The molecule has 1 N–H and O–H groups in total. The van der Waals surface area contributed by atoms with E-state index in [0.29, 0.717) is 11.3 Å². The lowest BCUT2D eigenvalue weighted by molar-refractivity contribution is 0.0104. The van der Waals surface area contributed by atoms with Crippen molar-refractivity contribution in [2.75, 3.05) is 0 Å². The fourth-order valence-electron chi connectivity index (χ4n) is 3.17. The summed E-state index contributed by atoms with van der Waals surface area (Å²) < 4.78 is 0. The standard InChI is InChI=1S/C13H24O/c1-13(8-5-9-13)10-12(14)11-6-3-2-4-7-11/h11-12,14H,2-10H2,1H3. The molecule has 1 heteroatoms. The van der Waals surface area contributed by atoms with E-state index < -0.39 is 0 Å². The number of aliphatic hydroxyl groups excluding tert-OH is 1. The van der Waals surface area contributed by atoms with Gasteiger partial charge in [0.25, 0.3) is 0 Å². The molecule has 0 aromatic heterocycles. The number of hydrogen-bond donors (Lipinski definition) is 1. The molecule has 1 nitrogen and oxygen atoms in total. The van der Waals surface area contributed by atoms with Gasteiger partial charge >= 0.3 is 0 Å². The molecule has 0 radical (unpaired) electrons. The molecular formula is C13H24O. The zero-order chi connectivity index (χ0) is 10.0. The smallest absolute Gasteiger partial charge is 0.0573 e. The molecule has 0 heterocycles. The first kappa shape index (κ1) is 10.5. The van der Waals surface area contributed by atoms with Crippen molar-refractivity contribution in [1.82, 2.24) is 0 Å². The maximum Gasteiger partial charge on any atom is 0.0573 e. The van der Waals surface area contributed by atoms with Crippen molar-refractivity contribution in [3.8, 4) is 0 Å². The molecule has 1 unspecified atom stereocenters. The molecule has 0 aromatic carbocycles. The van der Waals surface area contributed by atoms with Crippen molar-refractivity contribution in [3.63, 3.8) is 0 Å². The second-order valence-corrected chi connectivity index (χ2v) is 5.83. The number of hydrogen-bond acceptors (Lipinski definition) is 1. The van der Waals surface area contributed by atoms with Crippen molar-refractivity contribution >= 4 is 0 Å². The average molecular weight is 196 g/mol. The van der Waals surface area contributed by atoms with Gasteiger partial charge in [0.15, 0.2) is 0 Å². The van der Waals surface area contributed by atoms with Crippen molar-refractivity contribution in [2.24, 2.45) is 11.3 Å². The van der Waals surface area contributed by atoms with E-state index in [0.717, 1.165) is 6.42 Å². The van der Waals surface area contributed by atoms with E-state index in [9.17, 15) is 5.11 Å². The predicted octanol–water partition coefficient (Wildman–Crippen LogP) is 3.51. The second-order valence-electron chi connectivity index (χ2n) is 5.83. The van der Waals surface area contributed by atoms with E-state index in [1.807, 2.05) is 0 Å². The molecule has 82 valence electrons. The Balaban J connectivity index is 1.78. The summed E-state index contributed by atoms with van der Waals surface area (Å²) in [6.07, 6.45) is 11.8. The second kappa shape index (κ2) is 4.22. The zero-order valence-corrected chi connectivity index (χ0v) is 9.47. The molecule has 2 saturated carbocycles. The predicted molar refractivity (Wildman–Crippen MR) is 59.2 cm³/mol. The topological polar surface area (TPSA) is 20.2 Å². The normalized spacial score (nSPS) is 29.6. The summed E-state index contributed by atoms with van der Waals surface area (Å²) in [4.78, 5) is 0. The molecule has 0 amide bonds. The van der Waals surface area contributed by atoms with Gasteiger partial charge in [-0.15, -0.1) is 0 Å². The summed E-state index contributed by atoms with van der Waals surface area (Å²) in [5, 5.41) is 10.2. The van der Waals surface area contributed by atoms with Crippen LogP contribution in [-0.2, 0) is 0 Å². The first-order chi connectivity index (χ1) is 6.70. The summed E-state index contributed by atoms with van der Waals surface area (Å²) >= 11 is 0. The first-order valence-corrected chi connectivity index (χ1v) is 6.38. The van der Waals surface area contributed by atoms with Gasteiger partial charge in [0.2, 0.25) is 0 Å². The van der Waals surface area contributed by atoms with Gasteiger partial charge < -0.3 is 5.11 Å². The highest BCUT2D eigenvalue weighted by molar-refractivity contribution is 4.87. The minimum Gasteiger partial charge on any atom is -0.393 e. The molecule has 2 rings (SSSR count). The Kier molecular flexibility index (Phi) is 3.16. The SMILES string of the molecule is CC1(CC(O)C2CCCCC2)CCC1. The minimum absolute atomic E-state index is 0.000556. The monoisotopic (exact) mass is 196 g/mol. The molecule has 14 heavy (non-hydrogen) atoms. The van der Waals surface area contributed by atoms with Crippen molar-refractivity contribution in [1.29, 1.82) is 0 Å². The Morgan fingerprint density at radius 1 is 1.14 bits per heavy atom. The van der Waals surface area contributed by atoms with Crippen molar-refractivity contribution in [2.45, 2.75) is 70.8 Å². The Labute approximate surface area is 87.9 Å². The third kappa shape index (κ3) is 2.31. The van der Waals surface area contributed by atoms with Crippen LogP contribution in [0.15, 0.2) is 0 Å². The van der Waals surface area contributed by atoms with E-state index in [-0.39, 0.29) is 6.10 Å². The summed E-state index contributed by atoms with van der Waals surface area (Å²) in [5.74, 6) is 0.626. The van der Waals surface area contributed by atoms with Crippen LogP contribution in [0.2, 0.25) is 0 Å². The molecular weight excluding hydrogens is 172 g/mol. The Hall–Kier alpha value is -0.0400. The maximum absolute atomic E-state index is 10.2. The van der Waals surface area contributed by atoms with Crippen LogP contribution < -0.4 is 0 Å². The molecule has 0 spiro atoms.